The third-order valence-corrected chi connectivity index (χ3v) is 4.28. The van der Waals surface area contributed by atoms with Crippen LogP contribution in [0.15, 0.2) is 29.2 Å². The highest BCUT2D eigenvalue weighted by Crippen LogP contribution is 2.23. The van der Waals surface area contributed by atoms with Crippen LogP contribution >= 0.6 is 11.8 Å². The van der Waals surface area contributed by atoms with E-state index < -0.39 is 0 Å². The van der Waals surface area contributed by atoms with Crippen molar-refractivity contribution in [2.75, 3.05) is 11.6 Å². The summed E-state index contributed by atoms with van der Waals surface area (Å²) in [4.78, 5) is 28.4. The molecule has 0 atom stereocenters. The van der Waals surface area contributed by atoms with E-state index in [1.54, 1.807) is 11.8 Å². The molecule has 1 aromatic heterocycles. The molecule has 0 bridgehead atoms. The molecule has 0 radical (unpaired) electrons. The lowest BCUT2D eigenvalue weighted by molar-refractivity contribution is 0.101. The number of rotatable bonds is 5. The van der Waals surface area contributed by atoms with Crippen molar-refractivity contribution in [3.8, 4) is 0 Å². The van der Waals surface area contributed by atoms with Gasteiger partial charge >= 0.3 is 0 Å². The molecule has 1 heterocycles. The largest absolute Gasteiger partial charge is 0.354 e. The fourth-order valence-electron chi connectivity index (χ4n) is 2.60. The Morgan fingerprint density at radius 1 is 1.32 bits per heavy atom. The fraction of sp³-hybridized carbons (Fsp3) is 0.294. The predicted octanol–water partition coefficient (Wildman–Crippen LogP) is 4.06. The summed E-state index contributed by atoms with van der Waals surface area (Å²) >= 11 is 1.62. The summed E-state index contributed by atoms with van der Waals surface area (Å²) in [6.07, 6.45) is 2.62. The van der Waals surface area contributed by atoms with Crippen LogP contribution in [0, 0.1) is 6.92 Å². The normalized spacial score (nSPS) is 10.5. The molecule has 2 aromatic rings. The van der Waals surface area contributed by atoms with Crippen molar-refractivity contribution in [3.63, 3.8) is 0 Å². The van der Waals surface area contributed by atoms with Gasteiger partial charge in [0.1, 0.15) is 5.69 Å². The van der Waals surface area contributed by atoms with Gasteiger partial charge < -0.3 is 10.3 Å². The first-order valence-corrected chi connectivity index (χ1v) is 8.38. The van der Waals surface area contributed by atoms with Crippen LogP contribution < -0.4 is 5.32 Å². The molecule has 0 aliphatic rings. The van der Waals surface area contributed by atoms with Gasteiger partial charge in [0.15, 0.2) is 5.78 Å². The van der Waals surface area contributed by atoms with Crippen LogP contribution in [0.2, 0.25) is 0 Å². The molecule has 1 amide bonds. The first-order chi connectivity index (χ1) is 10.5. The van der Waals surface area contributed by atoms with Crippen molar-refractivity contribution in [1.82, 2.24) is 4.98 Å². The van der Waals surface area contributed by atoms with E-state index in [9.17, 15) is 9.59 Å². The van der Waals surface area contributed by atoms with Gasteiger partial charge in [0.2, 0.25) is 0 Å². The summed E-state index contributed by atoms with van der Waals surface area (Å²) in [6, 6.07) is 7.67. The summed E-state index contributed by atoms with van der Waals surface area (Å²) in [6.45, 7) is 5.29. The highest BCUT2D eigenvalue weighted by atomic mass is 32.2. The molecule has 0 saturated heterocycles. The Hall–Kier alpha value is -2.01. The summed E-state index contributed by atoms with van der Waals surface area (Å²) in [7, 11) is 0. The van der Waals surface area contributed by atoms with E-state index in [2.05, 4.69) is 10.3 Å². The van der Waals surface area contributed by atoms with E-state index in [0.29, 0.717) is 17.7 Å². The van der Waals surface area contributed by atoms with Gasteiger partial charge in [-0.15, -0.1) is 11.8 Å². The number of carbonyl (C=O) groups is 2. The molecule has 0 aliphatic carbocycles. The lowest BCUT2D eigenvalue weighted by Crippen LogP contribution is -2.14. The SMILES string of the molecule is CCc1c(C(=O)Nc2cccc(SC)c2)[nH]c(C)c1C(C)=O. The number of amides is 1. The second-order valence-corrected chi connectivity index (χ2v) is 5.95. The minimum absolute atomic E-state index is 0.0194. The number of aromatic amines is 1. The topological polar surface area (TPSA) is 62.0 Å². The quantitative estimate of drug-likeness (QED) is 0.646. The second-order valence-electron chi connectivity index (χ2n) is 5.07. The predicted molar refractivity (Wildman–Crippen MR) is 91.1 cm³/mol. The zero-order valence-electron chi connectivity index (χ0n) is 13.2. The molecule has 0 saturated carbocycles. The molecular weight excluding hydrogens is 296 g/mol. The summed E-state index contributed by atoms with van der Waals surface area (Å²) < 4.78 is 0. The number of benzene rings is 1. The average molecular weight is 316 g/mol. The second kappa shape index (κ2) is 6.83. The highest BCUT2D eigenvalue weighted by Gasteiger charge is 2.21. The smallest absolute Gasteiger partial charge is 0.272 e. The van der Waals surface area contributed by atoms with Crippen molar-refractivity contribution in [2.24, 2.45) is 0 Å². The Morgan fingerprint density at radius 2 is 2.05 bits per heavy atom. The summed E-state index contributed by atoms with van der Waals surface area (Å²) in [5.74, 6) is -0.236. The van der Waals surface area contributed by atoms with Gasteiger partial charge in [0.25, 0.3) is 5.91 Å². The molecule has 5 heteroatoms. The Bertz CT molecular complexity index is 719. The molecule has 2 N–H and O–H groups in total. The van der Waals surface area contributed by atoms with Gasteiger partial charge in [0.05, 0.1) is 0 Å². The Labute approximate surface area is 134 Å². The lowest BCUT2D eigenvalue weighted by Gasteiger charge is -2.07. The zero-order chi connectivity index (χ0) is 16.3. The Morgan fingerprint density at radius 3 is 2.64 bits per heavy atom. The van der Waals surface area contributed by atoms with Gasteiger partial charge in [0, 0.05) is 21.8 Å². The van der Waals surface area contributed by atoms with Crippen LogP contribution in [-0.2, 0) is 6.42 Å². The van der Waals surface area contributed by atoms with Crippen LogP contribution in [-0.4, -0.2) is 22.9 Å². The van der Waals surface area contributed by atoms with Gasteiger partial charge in [-0.2, -0.15) is 0 Å². The number of ketones is 1. The van der Waals surface area contributed by atoms with E-state index in [4.69, 9.17) is 0 Å². The molecule has 0 spiro atoms. The molecule has 2 rings (SSSR count). The molecule has 0 aliphatic heterocycles. The molecule has 22 heavy (non-hydrogen) atoms. The average Bonchev–Trinajstić information content (AvgIpc) is 2.84. The van der Waals surface area contributed by atoms with Crippen molar-refractivity contribution in [1.29, 1.82) is 0 Å². The number of nitrogens with one attached hydrogen (secondary N) is 2. The molecule has 0 fully saturated rings. The van der Waals surface area contributed by atoms with Crippen molar-refractivity contribution >= 4 is 29.1 Å². The number of anilines is 1. The number of aryl methyl sites for hydroxylation is 1. The van der Waals surface area contributed by atoms with E-state index in [1.807, 2.05) is 44.4 Å². The standard InChI is InChI=1S/C17H20N2O2S/c1-5-14-15(11(3)20)10(2)18-16(14)17(21)19-12-7-6-8-13(9-12)22-4/h6-9,18H,5H2,1-4H3,(H,19,21). The van der Waals surface area contributed by atoms with Crippen molar-refractivity contribution in [2.45, 2.75) is 32.1 Å². The Balaban J connectivity index is 2.33. The minimum Gasteiger partial charge on any atom is -0.354 e. The molecule has 4 nitrogen and oxygen atoms in total. The first kappa shape index (κ1) is 16.4. The number of Topliss-reactive ketones (excluding diaryl/α,β-unsaturated/α-hetero) is 1. The first-order valence-electron chi connectivity index (χ1n) is 7.15. The van der Waals surface area contributed by atoms with Gasteiger partial charge in [-0.1, -0.05) is 13.0 Å². The number of hydrogen-bond acceptors (Lipinski definition) is 3. The van der Waals surface area contributed by atoms with Gasteiger partial charge in [-0.25, -0.2) is 0 Å². The number of thioether (sulfide) groups is 1. The van der Waals surface area contributed by atoms with Crippen LogP contribution in [0.4, 0.5) is 5.69 Å². The maximum Gasteiger partial charge on any atom is 0.272 e. The van der Waals surface area contributed by atoms with Crippen LogP contribution in [0.1, 0.15) is 46.0 Å². The van der Waals surface area contributed by atoms with E-state index >= 15 is 0 Å². The molecule has 116 valence electrons. The number of carbonyl (C=O) groups excluding carboxylic acids is 2. The number of hydrogen-bond donors (Lipinski definition) is 2. The van der Waals surface area contributed by atoms with Crippen LogP contribution in [0.25, 0.3) is 0 Å². The molecule has 0 unspecified atom stereocenters. The summed E-state index contributed by atoms with van der Waals surface area (Å²) in [5, 5.41) is 2.89. The zero-order valence-corrected chi connectivity index (χ0v) is 14.1. The molecular formula is C17H20N2O2S. The van der Waals surface area contributed by atoms with Crippen molar-refractivity contribution in [3.05, 3.63) is 46.8 Å². The Kier molecular flexibility index (Phi) is 5.08. The van der Waals surface area contributed by atoms with E-state index in [1.165, 1.54) is 6.92 Å². The third-order valence-electron chi connectivity index (χ3n) is 3.55. The maximum absolute atomic E-state index is 12.5. The molecule has 1 aromatic carbocycles. The number of aromatic nitrogens is 1. The highest BCUT2D eigenvalue weighted by molar-refractivity contribution is 7.98. The maximum atomic E-state index is 12.5. The van der Waals surface area contributed by atoms with Gasteiger partial charge in [-0.05, 0) is 50.3 Å². The van der Waals surface area contributed by atoms with Gasteiger partial charge in [-0.3, -0.25) is 9.59 Å². The third kappa shape index (κ3) is 3.25. The fourth-order valence-corrected chi connectivity index (χ4v) is 3.05. The van der Waals surface area contributed by atoms with Crippen LogP contribution in [0.5, 0.6) is 0 Å². The number of H-pyrrole nitrogens is 1. The lowest BCUT2D eigenvalue weighted by atomic mass is 10.0. The van der Waals surface area contributed by atoms with E-state index in [0.717, 1.165) is 21.8 Å². The minimum atomic E-state index is -0.217. The summed E-state index contributed by atoms with van der Waals surface area (Å²) in [5.41, 5.74) is 3.37. The monoisotopic (exact) mass is 316 g/mol. The van der Waals surface area contributed by atoms with Crippen molar-refractivity contribution < 1.29 is 9.59 Å². The van der Waals surface area contributed by atoms with E-state index in [-0.39, 0.29) is 11.7 Å². The van der Waals surface area contributed by atoms with Crippen LogP contribution in [0.3, 0.4) is 0 Å².